The van der Waals surface area contributed by atoms with Crippen LogP contribution >= 0.6 is 0 Å². The number of esters is 1. The van der Waals surface area contributed by atoms with E-state index in [1.807, 2.05) is 0 Å². The Morgan fingerprint density at radius 1 is 1.20 bits per heavy atom. The molecule has 110 valence electrons. The van der Waals surface area contributed by atoms with Crippen LogP contribution in [0.3, 0.4) is 0 Å². The van der Waals surface area contributed by atoms with Crippen LogP contribution in [-0.4, -0.2) is 17.5 Å². The summed E-state index contributed by atoms with van der Waals surface area (Å²) in [5, 5.41) is 10.6. The van der Waals surface area contributed by atoms with E-state index in [2.05, 4.69) is 6.92 Å². The van der Waals surface area contributed by atoms with Crippen molar-refractivity contribution in [3.05, 3.63) is 39.9 Å². The van der Waals surface area contributed by atoms with Gasteiger partial charge in [-0.3, -0.25) is 10.1 Å². The number of carbonyl (C=O) groups is 1. The Morgan fingerprint density at radius 3 is 2.60 bits per heavy atom. The molecule has 0 aliphatic rings. The number of nitrogens with zero attached hydrogens (tertiary/aromatic N) is 1. The molecule has 1 aromatic carbocycles. The predicted molar refractivity (Wildman–Crippen MR) is 76.8 cm³/mol. The monoisotopic (exact) mass is 279 g/mol. The van der Waals surface area contributed by atoms with Crippen LogP contribution in [0.4, 0.5) is 5.69 Å². The lowest BCUT2D eigenvalue weighted by Crippen LogP contribution is -2.06. The third kappa shape index (κ3) is 5.82. The van der Waals surface area contributed by atoms with Crippen molar-refractivity contribution in [1.29, 1.82) is 0 Å². The van der Waals surface area contributed by atoms with Crippen molar-refractivity contribution in [3.63, 3.8) is 0 Å². The van der Waals surface area contributed by atoms with E-state index in [4.69, 9.17) is 4.74 Å². The molecule has 0 aliphatic heterocycles. The van der Waals surface area contributed by atoms with E-state index in [1.54, 1.807) is 0 Å². The zero-order valence-corrected chi connectivity index (χ0v) is 11.8. The van der Waals surface area contributed by atoms with Gasteiger partial charge in [-0.05, 0) is 12.5 Å². The van der Waals surface area contributed by atoms with Gasteiger partial charge in [-0.2, -0.15) is 0 Å². The minimum Gasteiger partial charge on any atom is -0.462 e. The zero-order chi connectivity index (χ0) is 14.8. The highest BCUT2D eigenvalue weighted by molar-refractivity contribution is 5.90. The number of hydrogen-bond donors (Lipinski definition) is 0. The molecule has 5 heteroatoms. The third-order valence-corrected chi connectivity index (χ3v) is 3.02. The summed E-state index contributed by atoms with van der Waals surface area (Å²) in [4.78, 5) is 21.8. The molecule has 0 fully saturated rings. The predicted octanol–water partition coefficient (Wildman–Crippen LogP) is 4.11. The van der Waals surface area contributed by atoms with Crippen molar-refractivity contribution in [3.8, 4) is 0 Å². The number of non-ortho nitro benzene ring substituents is 1. The van der Waals surface area contributed by atoms with Gasteiger partial charge in [0.05, 0.1) is 17.1 Å². The molecule has 0 aliphatic carbocycles. The van der Waals surface area contributed by atoms with Gasteiger partial charge in [0.25, 0.3) is 5.69 Å². The topological polar surface area (TPSA) is 69.4 Å². The van der Waals surface area contributed by atoms with Crippen LogP contribution in [0, 0.1) is 10.1 Å². The Kier molecular flexibility index (Phi) is 7.32. The summed E-state index contributed by atoms with van der Waals surface area (Å²) in [6.45, 7) is 2.54. The lowest BCUT2D eigenvalue weighted by molar-refractivity contribution is -0.384. The number of carbonyl (C=O) groups excluding carboxylic acids is 1. The first-order valence-corrected chi connectivity index (χ1v) is 7.06. The molecule has 20 heavy (non-hydrogen) atoms. The minimum atomic E-state index is -0.523. The van der Waals surface area contributed by atoms with Crippen LogP contribution in [0.1, 0.15) is 55.8 Å². The Labute approximate surface area is 119 Å². The van der Waals surface area contributed by atoms with Gasteiger partial charge in [-0.15, -0.1) is 0 Å². The van der Waals surface area contributed by atoms with Gasteiger partial charge in [-0.1, -0.05) is 45.1 Å². The van der Waals surface area contributed by atoms with Crippen molar-refractivity contribution in [2.24, 2.45) is 0 Å². The van der Waals surface area contributed by atoms with Crippen molar-refractivity contribution in [2.75, 3.05) is 6.61 Å². The maximum absolute atomic E-state index is 11.7. The highest BCUT2D eigenvalue weighted by Crippen LogP contribution is 2.14. The zero-order valence-electron chi connectivity index (χ0n) is 11.8. The van der Waals surface area contributed by atoms with Crippen LogP contribution in [-0.2, 0) is 4.74 Å². The molecule has 5 nitrogen and oxygen atoms in total. The van der Waals surface area contributed by atoms with Crippen LogP contribution in [0.5, 0.6) is 0 Å². The summed E-state index contributed by atoms with van der Waals surface area (Å²) >= 11 is 0. The number of rotatable bonds is 9. The van der Waals surface area contributed by atoms with Gasteiger partial charge in [0.1, 0.15) is 0 Å². The number of nitro benzene ring substituents is 1. The van der Waals surface area contributed by atoms with Gasteiger partial charge in [-0.25, -0.2) is 4.79 Å². The summed E-state index contributed by atoms with van der Waals surface area (Å²) in [5.41, 5.74) is 0.129. The molecule has 0 bridgehead atoms. The maximum atomic E-state index is 11.7. The molecular weight excluding hydrogens is 258 g/mol. The molecule has 0 radical (unpaired) electrons. The second-order valence-corrected chi connectivity index (χ2v) is 4.71. The fourth-order valence-electron chi connectivity index (χ4n) is 1.88. The fourth-order valence-corrected chi connectivity index (χ4v) is 1.88. The smallest absolute Gasteiger partial charge is 0.338 e. The van der Waals surface area contributed by atoms with E-state index in [0.717, 1.165) is 19.3 Å². The van der Waals surface area contributed by atoms with Crippen LogP contribution in [0.15, 0.2) is 24.3 Å². The lowest BCUT2D eigenvalue weighted by Gasteiger charge is -2.04. The molecule has 0 saturated carbocycles. The molecule has 0 unspecified atom stereocenters. The molecular formula is C15H21NO4. The molecule has 1 rings (SSSR count). The minimum absolute atomic E-state index is 0.0981. The Balaban J connectivity index is 2.29. The molecule has 0 amide bonds. The first-order valence-electron chi connectivity index (χ1n) is 7.06. The summed E-state index contributed by atoms with van der Waals surface area (Å²) in [7, 11) is 0. The van der Waals surface area contributed by atoms with Crippen molar-refractivity contribution < 1.29 is 14.5 Å². The number of ether oxygens (including phenoxy) is 1. The average molecular weight is 279 g/mol. The quantitative estimate of drug-likeness (QED) is 0.295. The molecule has 1 aromatic rings. The molecule has 0 heterocycles. The Hall–Kier alpha value is -1.91. The maximum Gasteiger partial charge on any atom is 0.338 e. The van der Waals surface area contributed by atoms with E-state index in [-0.39, 0.29) is 11.3 Å². The van der Waals surface area contributed by atoms with Crippen LogP contribution in [0.2, 0.25) is 0 Å². The second kappa shape index (κ2) is 9.07. The standard InChI is InChI=1S/C15H21NO4/c1-2-3-4-5-6-7-11-20-15(17)13-9-8-10-14(12-13)16(18)19/h8-10,12H,2-7,11H2,1H3. The summed E-state index contributed by atoms with van der Waals surface area (Å²) in [6.07, 6.45) is 6.71. The Morgan fingerprint density at radius 2 is 1.90 bits per heavy atom. The van der Waals surface area contributed by atoms with Crippen molar-refractivity contribution >= 4 is 11.7 Å². The summed E-state index contributed by atoms with van der Waals surface area (Å²) in [5.74, 6) is -0.498. The highest BCUT2D eigenvalue weighted by atomic mass is 16.6. The van der Waals surface area contributed by atoms with E-state index in [0.29, 0.717) is 6.61 Å². The van der Waals surface area contributed by atoms with Gasteiger partial charge in [0.15, 0.2) is 0 Å². The van der Waals surface area contributed by atoms with E-state index in [9.17, 15) is 14.9 Å². The molecule has 0 spiro atoms. The molecule has 0 N–H and O–H groups in total. The van der Waals surface area contributed by atoms with Gasteiger partial charge in [0, 0.05) is 12.1 Å². The van der Waals surface area contributed by atoms with Crippen molar-refractivity contribution in [2.45, 2.75) is 45.4 Å². The highest BCUT2D eigenvalue weighted by Gasteiger charge is 2.12. The normalized spacial score (nSPS) is 10.2. The molecule has 0 saturated heterocycles. The largest absolute Gasteiger partial charge is 0.462 e. The average Bonchev–Trinajstić information content (AvgIpc) is 2.46. The second-order valence-electron chi connectivity index (χ2n) is 4.71. The molecule has 0 atom stereocenters. The van der Waals surface area contributed by atoms with Crippen LogP contribution in [0.25, 0.3) is 0 Å². The summed E-state index contributed by atoms with van der Waals surface area (Å²) < 4.78 is 5.11. The number of hydrogen-bond acceptors (Lipinski definition) is 4. The van der Waals surface area contributed by atoms with Gasteiger partial charge in [0.2, 0.25) is 0 Å². The fraction of sp³-hybridized carbons (Fsp3) is 0.533. The number of benzene rings is 1. The third-order valence-electron chi connectivity index (χ3n) is 3.02. The first kappa shape index (κ1) is 16.1. The SMILES string of the molecule is CCCCCCCCOC(=O)c1cccc([N+](=O)[O-])c1. The van der Waals surface area contributed by atoms with Crippen molar-refractivity contribution in [1.82, 2.24) is 0 Å². The van der Waals surface area contributed by atoms with Gasteiger partial charge < -0.3 is 4.74 Å². The van der Waals surface area contributed by atoms with Crippen LogP contribution < -0.4 is 0 Å². The Bertz CT molecular complexity index is 445. The van der Waals surface area contributed by atoms with Gasteiger partial charge >= 0.3 is 5.97 Å². The number of nitro groups is 1. The van der Waals surface area contributed by atoms with E-state index < -0.39 is 10.9 Å². The molecule has 0 aromatic heterocycles. The van der Waals surface area contributed by atoms with E-state index >= 15 is 0 Å². The first-order chi connectivity index (χ1) is 9.65. The van der Waals surface area contributed by atoms with E-state index in [1.165, 1.54) is 43.5 Å². The number of unbranched alkanes of at least 4 members (excludes halogenated alkanes) is 5. The lowest BCUT2D eigenvalue weighted by atomic mass is 10.1. The summed E-state index contributed by atoms with van der Waals surface area (Å²) in [6, 6.07) is 5.60.